The lowest BCUT2D eigenvalue weighted by Crippen LogP contribution is -2.16. The number of hydrogen-bond acceptors (Lipinski definition) is 5. The number of unbranched alkanes of at least 4 members (excludes halogenated alkanes) is 1. The lowest BCUT2D eigenvalue weighted by atomic mass is 10.2. The maximum Gasteiger partial charge on any atom is 0.344 e. The van der Waals surface area contributed by atoms with E-state index in [0.717, 1.165) is 18.4 Å². The molecule has 0 amide bonds. The Labute approximate surface area is 113 Å². The highest BCUT2D eigenvalue weighted by Crippen LogP contribution is 2.23. The molecule has 0 saturated carbocycles. The molecule has 5 nitrogen and oxygen atoms in total. The molecule has 106 valence electrons. The highest BCUT2D eigenvalue weighted by Gasteiger charge is 2.08. The molecule has 0 fully saturated rings. The zero-order valence-electron chi connectivity index (χ0n) is 11.5. The molecule has 0 unspecified atom stereocenters. The summed E-state index contributed by atoms with van der Waals surface area (Å²) in [6, 6.07) is 5.29. The quantitative estimate of drug-likeness (QED) is 0.575. The van der Waals surface area contributed by atoms with Crippen molar-refractivity contribution < 1.29 is 19.0 Å². The van der Waals surface area contributed by atoms with Crippen molar-refractivity contribution in [3.8, 4) is 11.5 Å². The van der Waals surface area contributed by atoms with E-state index in [-0.39, 0.29) is 12.6 Å². The van der Waals surface area contributed by atoms with Crippen LogP contribution in [0.1, 0.15) is 25.3 Å². The topological polar surface area (TPSA) is 70.8 Å². The fraction of sp³-hybridized carbons (Fsp3) is 0.500. The molecule has 0 spiro atoms. The van der Waals surface area contributed by atoms with Crippen molar-refractivity contribution in [2.75, 3.05) is 20.3 Å². The van der Waals surface area contributed by atoms with Crippen molar-refractivity contribution in [1.82, 2.24) is 0 Å². The van der Waals surface area contributed by atoms with Gasteiger partial charge in [0.1, 0.15) is 11.5 Å². The van der Waals surface area contributed by atoms with Gasteiger partial charge in [0.25, 0.3) is 0 Å². The third-order valence-electron chi connectivity index (χ3n) is 2.59. The Morgan fingerprint density at radius 2 is 2.16 bits per heavy atom. The van der Waals surface area contributed by atoms with Crippen LogP contribution in [0.3, 0.4) is 0 Å². The summed E-state index contributed by atoms with van der Waals surface area (Å²) in [5.74, 6) is 0.918. The van der Waals surface area contributed by atoms with Crippen LogP contribution in [-0.2, 0) is 16.1 Å². The summed E-state index contributed by atoms with van der Waals surface area (Å²) in [5.41, 5.74) is 6.42. The summed E-state index contributed by atoms with van der Waals surface area (Å²) >= 11 is 0. The molecular formula is C14H21NO4. The predicted molar refractivity (Wildman–Crippen MR) is 72.2 cm³/mol. The highest BCUT2D eigenvalue weighted by atomic mass is 16.6. The lowest BCUT2D eigenvalue weighted by molar-refractivity contribution is -0.146. The Morgan fingerprint density at radius 3 is 2.79 bits per heavy atom. The molecule has 0 bridgehead atoms. The minimum Gasteiger partial charge on any atom is -0.497 e. The van der Waals surface area contributed by atoms with E-state index in [9.17, 15) is 4.79 Å². The van der Waals surface area contributed by atoms with Crippen LogP contribution < -0.4 is 15.2 Å². The van der Waals surface area contributed by atoms with E-state index in [4.69, 9.17) is 19.9 Å². The van der Waals surface area contributed by atoms with E-state index < -0.39 is 0 Å². The fourth-order valence-corrected chi connectivity index (χ4v) is 1.49. The molecule has 19 heavy (non-hydrogen) atoms. The SMILES string of the molecule is CCCCOC(=O)COc1ccc(OC)cc1CN. The van der Waals surface area contributed by atoms with Crippen LogP contribution in [0.15, 0.2) is 18.2 Å². The van der Waals surface area contributed by atoms with Gasteiger partial charge in [-0.15, -0.1) is 0 Å². The first-order valence-corrected chi connectivity index (χ1v) is 6.36. The number of carbonyl (C=O) groups is 1. The van der Waals surface area contributed by atoms with Crippen LogP contribution in [0.2, 0.25) is 0 Å². The van der Waals surface area contributed by atoms with Crippen molar-refractivity contribution in [3.63, 3.8) is 0 Å². The Bertz CT molecular complexity index is 406. The third kappa shape index (κ3) is 5.18. The zero-order chi connectivity index (χ0) is 14.1. The third-order valence-corrected chi connectivity index (χ3v) is 2.59. The second-order valence-electron chi connectivity index (χ2n) is 4.04. The number of benzene rings is 1. The second-order valence-corrected chi connectivity index (χ2v) is 4.04. The molecule has 0 radical (unpaired) electrons. The zero-order valence-corrected chi connectivity index (χ0v) is 11.5. The first-order chi connectivity index (χ1) is 9.21. The maximum atomic E-state index is 11.4. The van der Waals surface area contributed by atoms with Crippen molar-refractivity contribution in [2.24, 2.45) is 5.73 Å². The average molecular weight is 267 g/mol. The maximum absolute atomic E-state index is 11.4. The average Bonchev–Trinajstić information content (AvgIpc) is 2.45. The van der Waals surface area contributed by atoms with Crippen molar-refractivity contribution in [1.29, 1.82) is 0 Å². The summed E-state index contributed by atoms with van der Waals surface area (Å²) in [6.07, 6.45) is 1.85. The second kappa shape index (κ2) is 8.37. The molecule has 2 N–H and O–H groups in total. The Balaban J connectivity index is 2.50. The molecule has 1 aromatic rings. The minimum atomic E-state index is -0.368. The van der Waals surface area contributed by atoms with Gasteiger partial charge in [-0.3, -0.25) is 0 Å². The fourth-order valence-electron chi connectivity index (χ4n) is 1.49. The van der Waals surface area contributed by atoms with Crippen LogP contribution in [0.5, 0.6) is 11.5 Å². The van der Waals surface area contributed by atoms with E-state index in [2.05, 4.69) is 0 Å². The van der Waals surface area contributed by atoms with Gasteiger partial charge in [0.2, 0.25) is 0 Å². The molecule has 0 aliphatic carbocycles. The van der Waals surface area contributed by atoms with Gasteiger partial charge in [-0.25, -0.2) is 4.79 Å². The van der Waals surface area contributed by atoms with Gasteiger partial charge in [-0.2, -0.15) is 0 Å². The Morgan fingerprint density at radius 1 is 1.37 bits per heavy atom. The molecule has 0 aromatic heterocycles. The minimum absolute atomic E-state index is 0.108. The normalized spacial score (nSPS) is 10.1. The van der Waals surface area contributed by atoms with Crippen LogP contribution in [0, 0.1) is 0 Å². The number of rotatable bonds is 8. The highest BCUT2D eigenvalue weighted by molar-refractivity contribution is 5.71. The van der Waals surface area contributed by atoms with Gasteiger partial charge in [-0.1, -0.05) is 13.3 Å². The largest absolute Gasteiger partial charge is 0.497 e. The number of esters is 1. The number of nitrogens with two attached hydrogens (primary N) is 1. The van der Waals surface area contributed by atoms with Gasteiger partial charge >= 0.3 is 5.97 Å². The molecule has 0 saturated heterocycles. The standard InChI is InChI=1S/C14H21NO4/c1-3-4-7-18-14(16)10-19-13-6-5-12(17-2)8-11(13)9-15/h5-6,8H,3-4,7,9-10,15H2,1-2H3. The van der Waals surface area contributed by atoms with Crippen molar-refractivity contribution >= 4 is 5.97 Å². The van der Waals surface area contributed by atoms with E-state index in [0.29, 0.717) is 24.7 Å². The van der Waals surface area contributed by atoms with E-state index in [1.165, 1.54) is 0 Å². The lowest BCUT2D eigenvalue weighted by Gasteiger charge is -2.11. The molecule has 0 atom stereocenters. The number of ether oxygens (including phenoxy) is 3. The van der Waals surface area contributed by atoms with Gasteiger partial charge in [-0.05, 0) is 24.6 Å². The van der Waals surface area contributed by atoms with Crippen molar-refractivity contribution in [2.45, 2.75) is 26.3 Å². The molecular weight excluding hydrogens is 246 g/mol. The first-order valence-electron chi connectivity index (χ1n) is 6.36. The first kappa shape index (κ1) is 15.3. The molecule has 1 rings (SSSR count). The van der Waals surface area contributed by atoms with Crippen LogP contribution in [0.25, 0.3) is 0 Å². The number of carbonyl (C=O) groups excluding carboxylic acids is 1. The van der Waals surface area contributed by atoms with Crippen LogP contribution >= 0.6 is 0 Å². The van der Waals surface area contributed by atoms with Gasteiger partial charge in [0.15, 0.2) is 6.61 Å². The summed E-state index contributed by atoms with van der Waals surface area (Å²) in [6.45, 7) is 2.68. The Kier molecular flexibility index (Phi) is 6.74. The Hall–Kier alpha value is -1.75. The predicted octanol–water partition coefficient (Wildman–Crippen LogP) is 1.88. The van der Waals surface area contributed by atoms with E-state index >= 15 is 0 Å². The number of methoxy groups -OCH3 is 1. The molecule has 0 heterocycles. The van der Waals surface area contributed by atoms with E-state index in [1.54, 1.807) is 25.3 Å². The summed E-state index contributed by atoms with van der Waals surface area (Å²) < 4.78 is 15.5. The smallest absolute Gasteiger partial charge is 0.344 e. The van der Waals surface area contributed by atoms with Crippen LogP contribution in [0.4, 0.5) is 0 Å². The van der Waals surface area contributed by atoms with Gasteiger partial charge in [0, 0.05) is 12.1 Å². The summed E-state index contributed by atoms with van der Waals surface area (Å²) in [7, 11) is 1.58. The van der Waals surface area contributed by atoms with E-state index in [1.807, 2.05) is 6.92 Å². The summed E-state index contributed by atoms with van der Waals surface area (Å²) in [5, 5.41) is 0. The molecule has 1 aromatic carbocycles. The molecule has 5 heteroatoms. The van der Waals surface area contributed by atoms with Gasteiger partial charge < -0.3 is 19.9 Å². The molecule has 0 aliphatic rings. The monoisotopic (exact) mass is 267 g/mol. The number of hydrogen-bond donors (Lipinski definition) is 1. The molecule has 0 aliphatic heterocycles. The van der Waals surface area contributed by atoms with Crippen LogP contribution in [-0.4, -0.2) is 26.3 Å². The van der Waals surface area contributed by atoms with Gasteiger partial charge in [0.05, 0.1) is 13.7 Å². The summed E-state index contributed by atoms with van der Waals surface area (Å²) in [4.78, 5) is 11.4. The van der Waals surface area contributed by atoms with Crippen molar-refractivity contribution in [3.05, 3.63) is 23.8 Å².